The Hall–Kier alpha value is -4.59. The lowest BCUT2D eigenvalue weighted by atomic mass is 10.1. The van der Waals surface area contributed by atoms with Crippen molar-refractivity contribution in [3.8, 4) is 17.1 Å². The minimum absolute atomic E-state index is 0.0225. The topological polar surface area (TPSA) is 176 Å². The highest BCUT2D eigenvalue weighted by Crippen LogP contribution is 2.33. The first kappa shape index (κ1) is 31.8. The lowest BCUT2D eigenvalue weighted by Crippen LogP contribution is -2.47. The second-order valence-electron chi connectivity index (χ2n) is 11.4. The molecule has 4 heterocycles. The molecule has 5 rings (SSSR count). The molecule has 3 aromatic heterocycles. The summed E-state index contributed by atoms with van der Waals surface area (Å²) in [5.74, 6) is -0.110. The molecule has 1 fully saturated rings. The summed E-state index contributed by atoms with van der Waals surface area (Å²) >= 11 is 0. The lowest BCUT2D eigenvalue weighted by Gasteiger charge is -2.29. The number of amides is 1. The van der Waals surface area contributed by atoms with Crippen molar-refractivity contribution in [3.63, 3.8) is 0 Å². The van der Waals surface area contributed by atoms with Crippen LogP contribution in [-0.4, -0.2) is 53.7 Å². The van der Waals surface area contributed by atoms with Crippen LogP contribution in [0.5, 0.6) is 5.88 Å². The Bertz CT molecular complexity index is 1740. The van der Waals surface area contributed by atoms with Gasteiger partial charge in [-0.1, -0.05) is 36.4 Å². The number of carbonyl (C=O) groups is 1. The van der Waals surface area contributed by atoms with E-state index in [0.717, 1.165) is 18.4 Å². The predicted octanol–water partition coefficient (Wildman–Crippen LogP) is 3.89. The Morgan fingerprint density at radius 1 is 1.00 bits per heavy atom. The molecular formula is C32H37N7O5S. The van der Waals surface area contributed by atoms with Gasteiger partial charge in [-0.2, -0.15) is 8.42 Å². The molecule has 1 aliphatic heterocycles. The van der Waals surface area contributed by atoms with Crippen molar-refractivity contribution in [2.45, 2.75) is 63.1 Å². The van der Waals surface area contributed by atoms with Crippen molar-refractivity contribution in [2.75, 3.05) is 17.2 Å². The van der Waals surface area contributed by atoms with E-state index in [1.807, 2.05) is 49.1 Å². The largest absolute Gasteiger partial charge is 0.454 e. The van der Waals surface area contributed by atoms with Gasteiger partial charge in [0.15, 0.2) is 10.8 Å². The molecule has 1 saturated heterocycles. The van der Waals surface area contributed by atoms with Crippen LogP contribution in [0.15, 0.2) is 84.0 Å². The number of aromatic nitrogens is 3. The summed E-state index contributed by atoms with van der Waals surface area (Å²) < 4.78 is 39.7. The Morgan fingerprint density at radius 2 is 1.73 bits per heavy atom. The van der Waals surface area contributed by atoms with E-state index in [1.54, 1.807) is 37.4 Å². The van der Waals surface area contributed by atoms with Crippen LogP contribution in [0.25, 0.3) is 11.3 Å². The van der Waals surface area contributed by atoms with Crippen LogP contribution in [0.2, 0.25) is 0 Å². The van der Waals surface area contributed by atoms with E-state index in [4.69, 9.17) is 25.9 Å². The van der Waals surface area contributed by atoms with E-state index in [0.29, 0.717) is 29.6 Å². The number of nitrogens with one attached hydrogen (secondary N) is 1. The third-order valence-corrected chi connectivity index (χ3v) is 8.67. The summed E-state index contributed by atoms with van der Waals surface area (Å²) in [6.07, 6.45) is 3.41. The zero-order valence-corrected chi connectivity index (χ0v) is 26.2. The van der Waals surface area contributed by atoms with Crippen molar-refractivity contribution >= 4 is 27.6 Å². The van der Waals surface area contributed by atoms with Crippen LogP contribution < -0.4 is 25.8 Å². The molecule has 1 aliphatic rings. The summed E-state index contributed by atoms with van der Waals surface area (Å²) in [6.45, 7) is 6.37. The summed E-state index contributed by atoms with van der Waals surface area (Å²) in [5.41, 5.74) is 13.2. The average Bonchev–Trinajstić information content (AvgIpc) is 3.34. The third-order valence-electron chi connectivity index (χ3n) is 7.43. The second kappa shape index (κ2) is 13.2. The molecule has 236 valence electrons. The molecule has 0 aliphatic carbocycles. The van der Waals surface area contributed by atoms with Gasteiger partial charge in [0.05, 0.1) is 17.9 Å². The van der Waals surface area contributed by atoms with Crippen LogP contribution in [0.4, 0.5) is 11.6 Å². The number of carbonyl (C=O) groups excluding carboxylic acids is 1. The Morgan fingerprint density at radius 3 is 2.40 bits per heavy atom. The van der Waals surface area contributed by atoms with Crippen molar-refractivity contribution in [2.24, 2.45) is 5.73 Å². The maximum atomic E-state index is 13.4. The van der Waals surface area contributed by atoms with Crippen molar-refractivity contribution in [1.82, 2.24) is 19.7 Å². The van der Waals surface area contributed by atoms with Gasteiger partial charge in [-0.15, -0.1) is 0 Å². The standard InChI is InChI=1S/C32H37N7O5S/c1-21-12-13-22(2)39(21)30-25(31(40)38-45(41,42)29-11-7-10-27(33)37-29)15-16-26(36-30)24-14-17-28(35-18-24)44-32(3,34)20-43-19-23-8-5-4-6-9-23/h4-11,14-18,21-22H,12-13,19-20,34H2,1-3H3,(H2,33,37)(H,38,40)/t21-,22+,32-/m1/s1. The van der Waals surface area contributed by atoms with E-state index in [1.165, 1.54) is 18.2 Å². The first-order chi connectivity index (χ1) is 21.4. The number of sulfonamides is 1. The van der Waals surface area contributed by atoms with Gasteiger partial charge < -0.3 is 20.1 Å². The first-order valence-corrected chi connectivity index (χ1v) is 16.1. The molecule has 0 spiro atoms. The molecule has 0 unspecified atom stereocenters. The minimum atomic E-state index is -4.28. The van der Waals surface area contributed by atoms with Crippen molar-refractivity contribution < 1.29 is 22.7 Å². The van der Waals surface area contributed by atoms with Crippen molar-refractivity contribution in [3.05, 3.63) is 90.1 Å². The number of rotatable bonds is 11. The quantitative estimate of drug-likeness (QED) is 0.205. The number of nitrogen functional groups attached to an aromatic ring is 1. The molecule has 0 bridgehead atoms. The molecule has 1 aromatic carbocycles. The van der Waals surface area contributed by atoms with Gasteiger partial charge in [-0.05, 0) is 69.5 Å². The number of hydrogen-bond acceptors (Lipinski definition) is 11. The fourth-order valence-corrected chi connectivity index (χ4v) is 6.15. The summed E-state index contributed by atoms with van der Waals surface area (Å²) in [5, 5.41) is -0.352. The van der Waals surface area contributed by atoms with Crippen LogP contribution >= 0.6 is 0 Å². The zero-order valence-electron chi connectivity index (χ0n) is 25.4. The van der Waals surface area contributed by atoms with E-state index >= 15 is 0 Å². The van der Waals surface area contributed by atoms with Gasteiger partial charge in [0, 0.05) is 29.9 Å². The second-order valence-corrected chi connectivity index (χ2v) is 13.0. The molecule has 45 heavy (non-hydrogen) atoms. The molecule has 12 nitrogen and oxygen atoms in total. The Labute approximate surface area is 262 Å². The monoisotopic (exact) mass is 631 g/mol. The minimum Gasteiger partial charge on any atom is -0.454 e. The lowest BCUT2D eigenvalue weighted by molar-refractivity contribution is -0.0202. The fourth-order valence-electron chi connectivity index (χ4n) is 5.21. The van der Waals surface area contributed by atoms with Gasteiger partial charge in [0.25, 0.3) is 15.9 Å². The average molecular weight is 632 g/mol. The summed E-state index contributed by atoms with van der Waals surface area (Å²) in [6, 6.07) is 20.8. The first-order valence-electron chi connectivity index (χ1n) is 14.6. The number of benzene rings is 1. The van der Waals surface area contributed by atoms with Gasteiger partial charge in [0.2, 0.25) is 5.88 Å². The normalized spacial score (nSPS) is 17.9. The molecule has 13 heteroatoms. The summed E-state index contributed by atoms with van der Waals surface area (Å²) in [4.78, 5) is 28.6. The summed E-state index contributed by atoms with van der Waals surface area (Å²) in [7, 11) is -4.28. The van der Waals surface area contributed by atoms with Crippen LogP contribution in [0.1, 0.15) is 49.5 Å². The number of nitrogens with zero attached hydrogens (tertiary/aromatic N) is 4. The zero-order chi connectivity index (χ0) is 32.2. The van der Waals surface area contributed by atoms with Gasteiger partial charge in [-0.3, -0.25) is 10.5 Å². The smallest absolute Gasteiger partial charge is 0.281 e. The number of nitrogens with two attached hydrogens (primary N) is 2. The van der Waals surface area contributed by atoms with Crippen LogP contribution in [-0.2, 0) is 21.4 Å². The van der Waals surface area contributed by atoms with Crippen molar-refractivity contribution in [1.29, 1.82) is 0 Å². The van der Waals surface area contributed by atoms with E-state index in [2.05, 4.69) is 14.7 Å². The number of hydrogen-bond donors (Lipinski definition) is 3. The number of pyridine rings is 3. The highest BCUT2D eigenvalue weighted by Gasteiger charge is 2.33. The number of ether oxygens (including phenoxy) is 2. The Kier molecular flexibility index (Phi) is 9.32. The SMILES string of the molecule is C[C@@H]1CC[C@H](C)N1c1nc(-c2ccc(O[C@@](C)(N)COCc3ccccc3)nc2)ccc1C(=O)NS(=O)(=O)c1cccc(N)n1. The van der Waals surface area contributed by atoms with E-state index < -0.39 is 21.7 Å². The van der Waals surface area contributed by atoms with E-state index in [-0.39, 0.29) is 35.1 Å². The molecule has 1 amide bonds. The van der Waals surface area contributed by atoms with Gasteiger partial charge in [0.1, 0.15) is 18.2 Å². The van der Waals surface area contributed by atoms with Gasteiger partial charge >= 0.3 is 0 Å². The Balaban J connectivity index is 1.35. The predicted molar refractivity (Wildman–Crippen MR) is 171 cm³/mol. The third kappa shape index (κ3) is 7.74. The molecule has 3 atom stereocenters. The van der Waals surface area contributed by atoms with E-state index in [9.17, 15) is 13.2 Å². The van der Waals surface area contributed by atoms with Crippen LogP contribution in [0, 0.1) is 0 Å². The van der Waals surface area contributed by atoms with Crippen LogP contribution in [0.3, 0.4) is 0 Å². The maximum absolute atomic E-state index is 13.4. The maximum Gasteiger partial charge on any atom is 0.281 e. The molecule has 0 radical (unpaired) electrons. The fraction of sp³-hybridized carbons (Fsp3) is 0.312. The highest BCUT2D eigenvalue weighted by molar-refractivity contribution is 7.90. The molecule has 4 aromatic rings. The van der Waals surface area contributed by atoms with Gasteiger partial charge in [-0.25, -0.2) is 19.7 Å². The molecule has 0 saturated carbocycles. The molecular weight excluding hydrogens is 594 g/mol. The highest BCUT2D eigenvalue weighted by atomic mass is 32.2. The number of anilines is 2. The molecule has 5 N–H and O–H groups in total.